The number of amides is 1. The van der Waals surface area contributed by atoms with Gasteiger partial charge in [-0.3, -0.25) is 4.79 Å². The van der Waals surface area contributed by atoms with E-state index in [1.165, 1.54) is 0 Å². The van der Waals surface area contributed by atoms with Gasteiger partial charge in [-0.25, -0.2) is 0 Å². The fourth-order valence-electron chi connectivity index (χ4n) is 2.20. The predicted octanol–water partition coefficient (Wildman–Crippen LogP) is 3.18. The summed E-state index contributed by atoms with van der Waals surface area (Å²) in [5, 5.41) is 13.5. The minimum Gasteiger partial charge on any atom is -0.388 e. The van der Waals surface area contributed by atoms with Crippen molar-refractivity contribution in [2.75, 3.05) is 6.54 Å². The van der Waals surface area contributed by atoms with Gasteiger partial charge in [-0.1, -0.05) is 25.4 Å². The maximum atomic E-state index is 12.0. The van der Waals surface area contributed by atoms with Crippen LogP contribution in [0.15, 0.2) is 18.2 Å². The number of rotatable bonds is 5. The number of benzene rings is 1. The molecule has 2 N–H and O–H groups in total. The Morgan fingerprint density at radius 2 is 2.11 bits per heavy atom. The molecule has 0 bridgehead atoms. The van der Waals surface area contributed by atoms with Crippen molar-refractivity contribution in [3.05, 3.63) is 34.3 Å². The van der Waals surface area contributed by atoms with Crippen molar-refractivity contribution in [1.29, 1.82) is 0 Å². The summed E-state index contributed by atoms with van der Waals surface area (Å²) in [4.78, 5) is 12.0. The van der Waals surface area contributed by atoms with E-state index in [0.29, 0.717) is 22.9 Å². The molecular formula is C15H22ClNO2. The number of carbonyl (C=O) groups excluding carboxylic acids is 1. The molecule has 0 saturated heterocycles. The molecule has 1 amide bonds. The van der Waals surface area contributed by atoms with Gasteiger partial charge in [-0.05, 0) is 49.9 Å². The first-order valence-corrected chi connectivity index (χ1v) is 6.86. The van der Waals surface area contributed by atoms with Crippen molar-refractivity contribution < 1.29 is 9.90 Å². The number of hydrogen-bond acceptors (Lipinski definition) is 2. The van der Waals surface area contributed by atoms with Crippen LogP contribution in [0, 0.1) is 12.8 Å². The van der Waals surface area contributed by atoms with E-state index in [2.05, 4.69) is 5.32 Å². The third kappa shape index (κ3) is 5.21. The molecule has 0 radical (unpaired) electrons. The highest BCUT2D eigenvalue weighted by molar-refractivity contribution is 6.30. The SMILES string of the molecule is Cc1cc(Cl)ccc1C(=O)NCC(C)(O)CC(C)C. The molecule has 0 aliphatic heterocycles. The maximum Gasteiger partial charge on any atom is 0.251 e. The quantitative estimate of drug-likeness (QED) is 0.872. The minimum atomic E-state index is -0.885. The van der Waals surface area contributed by atoms with E-state index in [1.807, 2.05) is 20.8 Å². The summed E-state index contributed by atoms with van der Waals surface area (Å²) in [6, 6.07) is 5.14. The van der Waals surface area contributed by atoms with Crippen molar-refractivity contribution >= 4 is 17.5 Å². The average molecular weight is 284 g/mol. The summed E-state index contributed by atoms with van der Waals surface area (Å²) < 4.78 is 0. The van der Waals surface area contributed by atoms with E-state index in [9.17, 15) is 9.90 Å². The molecule has 4 heteroatoms. The first-order chi connectivity index (χ1) is 8.71. The molecule has 1 aromatic carbocycles. The summed E-state index contributed by atoms with van der Waals surface area (Å²) >= 11 is 5.86. The van der Waals surface area contributed by atoms with Crippen LogP contribution in [0.4, 0.5) is 0 Å². The van der Waals surface area contributed by atoms with Gasteiger partial charge < -0.3 is 10.4 Å². The lowest BCUT2D eigenvalue weighted by molar-refractivity contribution is 0.0368. The lowest BCUT2D eigenvalue weighted by Crippen LogP contribution is -2.41. The third-order valence-electron chi connectivity index (χ3n) is 2.91. The lowest BCUT2D eigenvalue weighted by atomic mass is 9.94. The number of carbonyl (C=O) groups is 1. The summed E-state index contributed by atoms with van der Waals surface area (Å²) in [7, 11) is 0. The predicted molar refractivity (Wildman–Crippen MR) is 78.6 cm³/mol. The monoisotopic (exact) mass is 283 g/mol. The van der Waals surface area contributed by atoms with Gasteiger partial charge in [-0.15, -0.1) is 0 Å². The first-order valence-electron chi connectivity index (χ1n) is 6.48. The van der Waals surface area contributed by atoms with Gasteiger partial charge in [0.1, 0.15) is 0 Å². The van der Waals surface area contributed by atoms with Crippen molar-refractivity contribution in [1.82, 2.24) is 5.32 Å². The zero-order chi connectivity index (χ0) is 14.6. The van der Waals surface area contributed by atoms with E-state index in [0.717, 1.165) is 5.56 Å². The second kappa shape index (κ2) is 6.40. The van der Waals surface area contributed by atoms with Gasteiger partial charge in [0, 0.05) is 17.1 Å². The number of aryl methyl sites for hydroxylation is 1. The van der Waals surface area contributed by atoms with Crippen LogP contribution < -0.4 is 5.32 Å². The highest BCUT2D eigenvalue weighted by atomic mass is 35.5. The molecule has 0 heterocycles. The van der Waals surface area contributed by atoms with Crippen LogP contribution in [0.5, 0.6) is 0 Å². The molecule has 0 aromatic heterocycles. The Balaban J connectivity index is 2.65. The summed E-state index contributed by atoms with van der Waals surface area (Å²) in [6.07, 6.45) is 0.646. The van der Waals surface area contributed by atoms with E-state index in [4.69, 9.17) is 11.6 Å². The highest BCUT2D eigenvalue weighted by Crippen LogP contribution is 2.17. The van der Waals surface area contributed by atoms with Crippen LogP contribution in [0.3, 0.4) is 0 Å². The van der Waals surface area contributed by atoms with Crippen LogP contribution >= 0.6 is 11.6 Å². The van der Waals surface area contributed by atoms with E-state index < -0.39 is 5.60 Å². The van der Waals surface area contributed by atoms with Crippen LogP contribution in [0.25, 0.3) is 0 Å². The molecule has 0 saturated carbocycles. The third-order valence-corrected chi connectivity index (χ3v) is 3.15. The van der Waals surface area contributed by atoms with Gasteiger partial charge in [-0.2, -0.15) is 0 Å². The van der Waals surface area contributed by atoms with Crippen molar-refractivity contribution in [3.8, 4) is 0 Å². The molecule has 1 rings (SSSR count). The molecule has 0 aliphatic rings. The van der Waals surface area contributed by atoms with E-state index in [1.54, 1.807) is 25.1 Å². The zero-order valence-corrected chi connectivity index (χ0v) is 12.7. The number of nitrogens with one attached hydrogen (secondary N) is 1. The molecule has 0 aliphatic carbocycles. The van der Waals surface area contributed by atoms with Crippen LogP contribution in [0.2, 0.25) is 5.02 Å². The Bertz CT molecular complexity index is 455. The molecule has 19 heavy (non-hydrogen) atoms. The van der Waals surface area contributed by atoms with Crippen LogP contribution in [-0.2, 0) is 0 Å². The molecule has 1 unspecified atom stereocenters. The largest absolute Gasteiger partial charge is 0.388 e. The second-order valence-corrected chi connectivity index (χ2v) is 6.17. The summed E-state index contributed by atoms with van der Waals surface area (Å²) in [6.45, 7) is 7.90. The Kier molecular flexibility index (Phi) is 5.39. The molecule has 0 spiro atoms. The van der Waals surface area contributed by atoms with E-state index >= 15 is 0 Å². The van der Waals surface area contributed by atoms with E-state index in [-0.39, 0.29) is 12.5 Å². The van der Waals surface area contributed by atoms with Crippen LogP contribution in [0.1, 0.15) is 43.1 Å². The van der Waals surface area contributed by atoms with Gasteiger partial charge in [0.05, 0.1) is 5.60 Å². The molecule has 106 valence electrons. The Hall–Kier alpha value is -1.06. The molecule has 1 atom stereocenters. The van der Waals surface area contributed by atoms with Gasteiger partial charge >= 0.3 is 0 Å². The molecule has 3 nitrogen and oxygen atoms in total. The van der Waals surface area contributed by atoms with Gasteiger partial charge in [0.25, 0.3) is 5.91 Å². The maximum absolute atomic E-state index is 12.0. The topological polar surface area (TPSA) is 49.3 Å². The van der Waals surface area contributed by atoms with Gasteiger partial charge in [0.15, 0.2) is 0 Å². The number of halogens is 1. The van der Waals surface area contributed by atoms with Crippen molar-refractivity contribution in [2.45, 2.75) is 39.7 Å². The standard InChI is InChI=1S/C15H22ClNO2/c1-10(2)8-15(4,19)9-17-14(18)13-6-5-12(16)7-11(13)3/h5-7,10,19H,8-9H2,1-4H3,(H,17,18). The zero-order valence-electron chi connectivity index (χ0n) is 12.0. The Morgan fingerprint density at radius 1 is 1.47 bits per heavy atom. The fraction of sp³-hybridized carbons (Fsp3) is 0.533. The van der Waals surface area contributed by atoms with Gasteiger partial charge in [0.2, 0.25) is 0 Å². The Labute approximate surface area is 120 Å². The average Bonchev–Trinajstić information content (AvgIpc) is 2.24. The first kappa shape index (κ1) is 16.0. The minimum absolute atomic E-state index is 0.182. The number of hydrogen-bond donors (Lipinski definition) is 2. The second-order valence-electron chi connectivity index (χ2n) is 5.74. The summed E-state index contributed by atoms with van der Waals surface area (Å²) in [5.41, 5.74) is 0.530. The van der Waals surface area contributed by atoms with Crippen molar-refractivity contribution in [3.63, 3.8) is 0 Å². The normalized spacial score (nSPS) is 14.3. The van der Waals surface area contributed by atoms with Crippen molar-refractivity contribution in [2.24, 2.45) is 5.92 Å². The number of aliphatic hydroxyl groups is 1. The van der Waals surface area contributed by atoms with Crippen LogP contribution in [-0.4, -0.2) is 23.2 Å². The summed E-state index contributed by atoms with van der Waals surface area (Å²) in [5.74, 6) is 0.197. The molecular weight excluding hydrogens is 262 g/mol. The highest BCUT2D eigenvalue weighted by Gasteiger charge is 2.23. The molecule has 1 aromatic rings. The molecule has 0 fully saturated rings. The Morgan fingerprint density at radius 3 is 2.63 bits per heavy atom. The smallest absolute Gasteiger partial charge is 0.251 e. The fourth-order valence-corrected chi connectivity index (χ4v) is 2.43. The lowest BCUT2D eigenvalue weighted by Gasteiger charge is -2.25.